The minimum atomic E-state index is -0.806. The molecule has 16 heavy (non-hydrogen) atoms. The molecule has 1 saturated heterocycles. The van der Waals surface area contributed by atoms with Crippen molar-refractivity contribution in [3.63, 3.8) is 0 Å². The van der Waals surface area contributed by atoms with E-state index in [0.29, 0.717) is 25.4 Å². The van der Waals surface area contributed by atoms with Crippen LogP contribution < -0.4 is 0 Å². The molecule has 0 aromatic heterocycles. The van der Waals surface area contributed by atoms with Crippen molar-refractivity contribution in [2.24, 2.45) is 17.3 Å². The third-order valence-electron chi connectivity index (χ3n) is 3.69. The van der Waals surface area contributed by atoms with Gasteiger partial charge in [-0.15, -0.1) is 0 Å². The number of carboxylic acids is 1. The van der Waals surface area contributed by atoms with E-state index in [-0.39, 0.29) is 11.8 Å². The largest absolute Gasteiger partial charge is 0.481 e. The van der Waals surface area contributed by atoms with Crippen molar-refractivity contribution in [2.75, 3.05) is 13.1 Å². The van der Waals surface area contributed by atoms with Gasteiger partial charge in [-0.2, -0.15) is 0 Å². The highest BCUT2D eigenvalue weighted by Gasteiger charge is 2.42. The molecule has 1 amide bonds. The van der Waals surface area contributed by atoms with Gasteiger partial charge < -0.3 is 10.0 Å². The summed E-state index contributed by atoms with van der Waals surface area (Å²) in [6.07, 6.45) is 0.554. The smallest absolute Gasteiger partial charge is 0.311 e. The quantitative estimate of drug-likeness (QED) is 0.796. The van der Waals surface area contributed by atoms with E-state index in [1.54, 1.807) is 11.8 Å². The molecule has 0 aliphatic carbocycles. The van der Waals surface area contributed by atoms with E-state index in [9.17, 15) is 9.59 Å². The van der Waals surface area contributed by atoms with Gasteiger partial charge in [0.15, 0.2) is 0 Å². The molecule has 2 atom stereocenters. The van der Waals surface area contributed by atoms with Crippen molar-refractivity contribution < 1.29 is 14.7 Å². The van der Waals surface area contributed by atoms with E-state index < -0.39 is 11.4 Å². The van der Waals surface area contributed by atoms with E-state index >= 15 is 0 Å². The predicted molar refractivity (Wildman–Crippen MR) is 60.9 cm³/mol. The molecule has 4 heteroatoms. The monoisotopic (exact) mass is 227 g/mol. The van der Waals surface area contributed by atoms with Crippen molar-refractivity contribution in [1.29, 1.82) is 0 Å². The number of aliphatic carboxylic acids is 1. The Morgan fingerprint density at radius 3 is 2.25 bits per heavy atom. The molecule has 0 aromatic carbocycles. The molecule has 2 unspecified atom stereocenters. The van der Waals surface area contributed by atoms with Gasteiger partial charge in [0.05, 0.1) is 5.41 Å². The summed E-state index contributed by atoms with van der Waals surface area (Å²) in [4.78, 5) is 24.8. The zero-order chi connectivity index (χ0) is 12.5. The molecule has 4 nitrogen and oxygen atoms in total. The van der Waals surface area contributed by atoms with Gasteiger partial charge in [-0.05, 0) is 19.3 Å². The lowest BCUT2D eigenvalue weighted by atomic mass is 9.90. The molecule has 0 radical (unpaired) electrons. The number of rotatable bonds is 3. The van der Waals surface area contributed by atoms with Crippen LogP contribution in [0.5, 0.6) is 0 Å². The first kappa shape index (κ1) is 13.0. The van der Waals surface area contributed by atoms with Gasteiger partial charge in [0.1, 0.15) is 0 Å². The van der Waals surface area contributed by atoms with Gasteiger partial charge in [0.25, 0.3) is 0 Å². The fraction of sp³-hybridized carbons (Fsp3) is 0.833. The second kappa shape index (κ2) is 4.44. The number of carboxylic acid groups (broad SMARTS) is 1. The SMILES string of the molecule is CC(C)C(C)C(=O)N1CCC(C)(C(=O)O)C1. The van der Waals surface area contributed by atoms with Gasteiger partial charge >= 0.3 is 5.97 Å². The Bertz CT molecular complexity index is 301. The molecular formula is C12H21NO3. The Morgan fingerprint density at radius 2 is 1.88 bits per heavy atom. The maximum absolute atomic E-state index is 12.0. The second-order valence-electron chi connectivity index (χ2n) is 5.41. The lowest BCUT2D eigenvalue weighted by Gasteiger charge is -2.24. The highest BCUT2D eigenvalue weighted by Crippen LogP contribution is 2.31. The summed E-state index contributed by atoms with van der Waals surface area (Å²) < 4.78 is 0. The Labute approximate surface area is 96.6 Å². The van der Waals surface area contributed by atoms with Gasteiger partial charge in [0, 0.05) is 19.0 Å². The Morgan fingerprint density at radius 1 is 1.31 bits per heavy atom. The first-order valence-corrected chi connectivity index (χ1v) is 5.80. The fourth-order valence-electron chi connectivity index (χ4n) is 1.90. The summed E-state index contributed by atoms with van der Waals surface area (Å²) in [6, 6.07) is 0. The number of likely N-dealkylation sites (tertiary alicyclic amines) is 1. The highest BCUT2D eigenvalue weighted by molar-refractivity contribution is 5.81. The van der Waals surface area contributed by atoms with E-state index in [0.717, 1.165) is 0 Å². The summed E-state index contributed by atoms with van der Waals surface area (Å²) >= 11 is 0. The van der Waals surface area contributed by atoms with E-state index in [4.69, 9.17) is 5.11 Å². The molecule has 1 aliphatic rings. The van der Waals surface area contributed by atoms with Crippen LogP contribution in [0.25, 0.3) is 0 Å². The van der Waals surface area contributed by atoms with Crippen LogP contribution in [-0.2, 0) is 9.59 Å². The van der Waals surface area contributed by atoms with Crippen molar-refractivity contribution >= 4 is 11.9 Å². The summed E-state index contributed by atoms with van der Waals surface area (Å²) in [6.45, 7) is 8.55. The molecule has 1 heterocycles. The molecule has 92 valence electrons. The van der Waals surface area contributed by atoms with Crippen LogP contribution in [0.1, 0.15) is 34.1 Å². The van der Waals surface area contributed by atoms with Crippen LogP contribution >= 0.6 is 0 Å². The van der Waals surface area contributed by atoms with E-state index in [2.05, 4.69) is 0 Å². The van der Waals surface area contributed by atoms with Crippen LogP contribution in [0.2, 0.25) is 0 Å². The van der Waals surface area contributed by atoms with E-state index in [1.807, 2.05) is 20.8 Å². The van der Waals surface area contributed by atoms with Crippen LogP contribution in [0.3, 0.4) is 0 Å². The Balaban J connectivity index is 2.67. The van der Waals surface area contributed by atoms with Gasteiger partial charge in [-0.1, -0.05) is 20.8 Å². The summed E-state index contributed by atoms with van der Waals surface area (Å²) in [5.74, 6) is -0.458. The van der Waals surface area contributed by atoms with Gasteiger partial charge in [-0.25, -0.2) is 0 Å². The maximum atomic E-state index is 12.0. The average Bonchev–Trinajstić information content (AvgIpc) is 2.60. The van der Waals surface area contributed by atoms with Gasteiger partial charge in [-0.3, -0.25) is 9.59 Å². The lowest BCUT2D eigenvalue weighted by Crippen LogP contribution is -2.38. The number of nitrogens with zero attached hydrogens (tertiary/aromatic N) is 1. The summed E-state index contributed by atoms with van der Waals surface area (Å²) in [5, 5.41) is 9.08. The minimum absolute atomic E-state index is 0.0313. The minimum Gasteiger partial charge on any atom is -0.481 e. The molecule has 0 spiro atoms. The summed E-state index contributed by atoms with van der Waals surface area (Å²) in [7, 11) is 0. The Hall–Kier alpha value is -1.06. The molecule has 0 saturated carbocycles. The molecule has 0 aromatic rings. The predicted octanol–water partition coefficient (Wildman–Crippen LogP) is 1.60. The molecular weight excluding hydrogens is 206 g/mol. The zero-order valence-corrected chi connectivity index (χ0v) is 10.5. The van der Waals surface area contributed by atoms with Crippen LogP contribution in [0.15, 0.2) is 0 Å². The number of hydrogen-bond donors (Lipinski definition) is 1. The van der Waals surface area contributed by atoms with Gasteiger partial charge in [0.2, 0.25) is 5.91 Å². The van der Waals surface area contributed by atoms with Crippen molar-refractivity contribution in [1.82, 2.24) is 4.90 Å². The van der Waals surface area contributed by atoms with Crippen molar-refractivity contribution in [3.05, 3.63) is 0 Å². The number of amides is 1. The van der Waals surface area contributed by atoms with Crippen molar-refractivity contribution in [2.45, 2.75) is 34.1 Å². The first-order chi connectivity index (χ1) is 7.28. The molecule has 1 N–H and O–H groups in total. The third kappa shape index (κ3) is 2.36. The second-order valence-corrected chi connectivity index (χ2v) is 5.41. The first-order valence-electron chi connectivity index (χ1n) is 5.80. The normalized spacial score (nSPS) is 27.2. The van der Waals surface area contributed by atoms with Crippen LogP contribution in [0, 0.1) is 17.3 Å². The lowest BCUT2D eigenvalue weighted by molar-refractivity contribution is -0.147. The number of hydrogen-bond acceptors (Lipinski definition) is 2. The highest BCUT2D eigenvalue weighted by atomic mass is 16.4. The number of carbonyl (C=O) groups is 2. The molecule has 1 rings (SSSR count). The topological polar surface area (TPSA) is 57.6 Å². The third-order valence-corrected chi connectivity index (χ3v) is 3.69. The molecule has 0 bridgehead atoms. The van der Waals surface area contributed by atoms with Crippen LogP contribution in [0.4, 0.5) is 0 Å². The van der Waals surface area contributed by atoms with E-state index in [1.165, 1.54) is 0 Å². The zero-order valence-electron chi connectivity index (χ0n) is 10.5. The van der Waals surface area contributed by atoms with Crippen molar-refractivity contribution in [3.8, 4) is 0 Å². The average molecular weight is 227 g/mol. The molecule has 1 fully saturated rings. The summed E-state index contributed by atoms with van der Waals surface area (Å²) in [5.41, 5.74) is -0.758. The number of carbonyl (C=O) groups excluding carboxylic acids is 1. The molecule has 1 aliphatic heterocycles. The fourth-order valence-corrected chi connectivity index (χ4v) is 1.90. The Kier molecular flexibility index (Phi) is 3.61. The van der Waals surface area contributed by atoms with Crippen LogP contribution in [-0.4, -0.2) is 35.0 Å². The standard InChI is InChI=1S/C12H21NO3/c1-8(2)9(3)10(14)13-6-5-12(4,7-13)11(15)16/h8-9H,5-7H2,1-4H3,(H,15,16). The maximum Gasteiger partial charge on any atom is 0.311 e.